The molecule has 0 N–H and O–H groups in total. The van der Waals surface area contributed by atoms with E-state index in [9.17, 15) is 13.2 Å². The first-order chi connectivity index (χ1) is 10.3. The van der Waals surface area contributed by atoms with Crippen LogP contribution in [0.1, 0.15) is 31.6 Å². The van der Waals surface area contributed by atoms with Crippen LogP contribution in [0.5, 0.6) is 0 Å². The molecule has 1 fully saturated rings. The predicted molar refractivity (Wildman–Crippen MR) is 83.9 cm³/mol. The Morgan fingerprint density at radius 3 is 2.64 bits per heavy atom. The number of carbonyl (C=O) groups is 1. The Labute approximate surface area is 132 Å². The van der Waals surface area contributed by atoms with Crippen molar-refractivity contribution >= 4 is 15.9 Å². The van der Waals surface area contributed by atoms with E-state index in [0.29, 0.717) is 39.0 Å². The van der Waals surface area contributed by atoms with Crippen LogP contribution >= 0.6 is 0 Å². The maximum absolute atomic E-state index is 12.4. The van der Waals surface area contributed by atoms with Gasteiger partial charge in [0, 0.05) is 51.0 Å². The Kier molecular flexibility index (Phi) is 5.23. The standard InChI is InChI=1S/C14H24N4O3S/c1-12(18-8-5-15-13(18)2)11-14(19)16-6-4-7-17(10-9-16)22(3,20)21/h5,8,12H,4,6-7,9-11H2,1-3H3/t12-/m1/s1. The predicted octanol–water partition coefficient (Wildman–Crippen LogP) is 0.637. The summed E-state index contributed by atoms with van der Waals surface area (Å²) >= 11 is 0. The summed E-state index contributed by atoms with van der Waals surface area (Å²) in [5.41, 5.74) is 0. The number of amides is 1. The third kappa shape index (κ3) is 4.07. The van der Waals surface area contributed by atoms with Crippen LogP contribution in [0.4, 0.5) is 0 Å². The van der Waals surface area contributed by atoms with Crippen molar-refractivity contribution in [2.45, 2.75) is 32.7 Å². The molecule has 22 heavy (non-hydrogen) atoms. The molecule has 1 saturated heterocycles. The minimum Gasteiger partial charge on any atom is -0.341 e. The van der Waals surface area contributed by atoms with Gasteiger partial charge in [-0.25, -0.2) is 17.7 Å². The van der Waals surface area contributed by atoms with Gasteiger partial charge in [-0.2, -0.15) is 0 Å². The van der Waals surface area contributed by atoms with E-state index in [1.807, 2.05) is 24.6 Å². The third-order valence-electron chi connectivity index (χ3n) is 4.08. The van der Waals surface area contributed by atoms with Crippen LogP contribution in [-0.2, 0) is 14.8 Å². The van der Waals surface area contributed by atoms with Gasteiger partial charge in [-0.1, -0.05) is 0 Å². The van der Waals surface area contributed by atoms with Crippen LogP contribution in [0.15, 0.2) is 12.4 Å². The highest BCUT2D eigenvalue weighted by molar-refractivity contribution is 7.88. The van der Waals surface area contributed by atoms with E-state index in [1.54, 1.807) is 11.1 Å². The van der Waals surface area contributed by atoms with Gasteiger partial charge in [0.25, 0.3) is 0 Å². The highest BCUT2D eigenvalue weighted by atomic mass is 32.2. The summed E-state index contributed by atoms with van der Waals surface area (Å²) in [6.45, 7) is 5.84. The number of nitrogens with zero attached hydrogens (tertiary/aromatic N) is 4. The van der Waals surface area contributed by atoms with Gasteiger partial charge in [0.2, 0.25) is 15.9 Å². The SMILES string of the molecule is Cc1nccn1[C@H](C)CC(=O)N1CCCN(S(C)(=O)=O)CC1. The third-order valence-corrected chi connectivity index (χ3v) is 5.39. The van der Waals surface area contributed by atoms with E-state index < -0.39 is 10.0 Å². The Bertz CT molecular complexity index is 626. The molecule has 0 saturated carbocycles. The van der Waals surface area contributed by atoms with Crippen molar-refractivity contribution in [1.29, 1.82) is 0 Å². The number of aromatic nitrogens is 2. The van der Waals surface area contributed by atoms with Crippen molar-refractivity contribution in [3.8, 4) is 0 Å². The molecule has 1 atom stereocenters. The maximum atomic E-state index is 12.4. The molecular weight excluding hydrogens is 304 g/mol. The van der Waals surface area contributed by atoms with Crippen LogP contribution < -0.4 is 0 Å². The first kappa shape index (κ1) is 17.0. The number of sulfonamides is 1. The highest BCUT2D eigenvalue weighted by Gasteiger charge is 2.24. The summed E-state index contributed by atoms with van der Waals surface area (Å²) in [5.74, 6) is 0.954. The van der Waals surface area contributed by atoms with Crippen molar-refractivity contribution in [3.63, 3.8) is 0 Å². The molecule has 2 heterocycles. The Hall–Kier alpha value is -1.41. The molecule has 0 spiro atoms. The van der Waals surface area contributed by atoms with Gasteiger partial charge in [-0.3, -0.25) is 4.79 Å². The van der Waals surface area contributed by atoms with Gasteiger partial charge < -0.3 is 9.47 Å². The Morgan fingerprint density at radius 1 is 1.32 bits per heavy atom. The van der Waals surface area contributed by atoms with Gasteiger partial charge in [0.05, 0.1) is 6.26 Å². The van der Waals surface area contributed by atoms with Gasteiger partial charge in [0.1, 0.15) is 5.82 Å². The summed E-state index contributed by atoms with van der Waals surface area (Å²) in [6, 6.07) is 0.0456. The second-order valence-electron chi connectivity index (χ2n) is 5.83. The lowest BCUT2D eigenvalue weighted by molar-refractivity contribution is -0.131. The fourth-order valence-electron chi connectivity index (χ4n) is 2.81. The van der Waals surface area contributed by atoms with Crippen molar-refractivity contribution in [3.05, 3.63) is 18.2 Å². The molecule has 1 amide bonds. The monoisotopic (exact) mass is 328 g/mol. The van der Waals surface area contributed by atoms with Gasteiger partial charge in [-0.05, 0) is 20.3 Å². The smallest absolute Gasteiger partial charge is 0.224 e. The number of rotatable bonds is 4. The van der Waals surface area contributed by atoms with Crippen LogP contribution in [0.2, 0.25) is 0 Å². The lowest BCUT2D eigenvalue weighted by Gasteiger charge is -2.23. The summed E-state index contributed by atoms with van der Waals surface area (Å²) in [5, 5.41) is 0. The summed E-state index contributed by atoms with van der Waals surface area (Å²) in [7, 11) is -3.18. The quantitative estimate of drug-likeness (QED) is 0.813. The van der Waals surface area contributed by atoms with Crippen molar-refractivity contribution in [2.24, 2.45) is 0 Å². The minimum absolute atomic E-state index is 0.0456. The second kappa shape index (κ2) is 6.78. The number of aryl methyl sites for hydroxylation is 1. The lowest BCUT2D eigenvalue weighted by Crippen LogP contribution is -2.37. The van der Waals surface area contributed by atoms with E-state index in [2.05, 4.69) is 4.98 Å². The molecule has 2 rings (SSSR count). The molecule has 1 aliphatic heterocycles. The van der Waals surface area contributed by atoms with E-state index in [0.717, 1.165) is 5.82 Å². The van der Waals surface area contributed by atoms with Crippen molar-refractivity contribution < 1.29 is 13.2 Å². The van der Waals surface area contributed by atoms with Crippen molar-refractivity contribution in [2.75, 3.05) is 32.4 Å². The van der Waals surface area contributed by atoms with Gasteiger partial charge >= 0.3 is 0 Å². The molecule has 0 radical (unpaired) electrons. The molecule has 7 nitrogen and oxygen atoms in total. The average Bonchev–Trinajstić information content (AvgIpc) is 2.71. The molecule has 124 valence electrons. The van der Waals surface area contributed by atoms with Gasteiger partial charge in [-0.15, -0.1) is 0 Å². The molecule has 8 heteroatoms. The topological polar surface area (TPSA) is 75.5 Å². The molecular formula is C14H24N4O3S. The Balaban J connectivity index is 1.94. The number of hydrogen-bond acceptors (Lipinski definition) is 4. The molecule has 1 aliphatic rings. The number of carbonyl (C=O) groups excluding carboxylic acids is 1. The van der Waals surface area contributed by atoms with Crippen LogP contribution in [-0.4, -0.2) is 65.5 Å². The first-order valence-corrected chi connectivity index (χ1v) is 9.36. The van der Waals surface area contributed by atoms with Gasteiger partial charge in [0.15, 0.2) is 0 Å². The largest absolute Gasteiger partial charge is 0.341 e. The fraction of sp³-hybridized carbons (Fsp3) is 0.714. The molecule has 0 aromatic carbocycles. The first-order valence-electron chi connectivity index (χ1n) is 7.51. The molecule has 1 aromatic heterocycles. The molecule has 0 unspecified atom stereocenters. The summed E-state index contributed by atoms with van der Waals surface area (Å²) in [6.07, 6.45) is 5.90. The second-order valence-corrected chi connectivity index (χ2v) is 7.81. The van der Waals surface area contributed by atoms with E-state index in [-0.39, 0.29) is 11.9 Å². The number of hydrogen-bond donors (Lipinski definition) is 0. The zero-order valence-corrected chi connectivity index (χ0v) is 14.2. The van der Waals surface area contributed by atoms with Crippen LogP contribution in [0.25, 0.3) is 0 Å². The minimum atomic E-state index is -3.18. The fourth-order valence-corrected chi connectivity index (χ4v) is 3.68. The average molecular weight is 328 g/mol. The molecule has 1 aromatic rings. The zero-order valence-electron chi connectivity index (χ0n) is 13.4. The van der Waals surface area contributed by atoms with E-state index in [1.165, 1.54) is 10.6 Å². The number of imidazole rings is 1. The van der Waals surface area contributed by atoms with Crippen LogP contribution in [0, 0.1) is 6.92 Å². The molecule has 0 aliphatic carbocycles. The maximum Gasteiger partial charge on any atom is 0.224 e. The zero-order chi connectivity index (χ0) is 16.3. The highest BCUT2D eigenvalue weighted by Crippen LogP contribution is 2.16. The Morgan fingerprint density at radius 2 is 2.05 bits per heavy atom. The van der Waals surface area contributed by atoms with E-state index >= 15 is 0 Å². The lowest BCUT2D eigenvalue weighted by atomic mass is 10.2. The summed E-state index contributed by atoms with van der Waals surface area (Å²) < 4.78 is 26.6. The normalized spacial score (nSPS) is 19.0. The van der Waals surface area contributed by atoms with Crippen molar-refractivity contribution in [1.82, 2.24) is 18.8 Å². The summed E-state index contributed by atoms with van der Waals surface area (Å²) in [4.78, 5) is 18.4. The molecule has 0 bridgehead atoms. The van der Waals surface area contributed by atoms with E-state index in [4.69, 9.17) is 0 Å². The van der Waals surface area contributed by atoms with Crippen LogP contribution in [0.3, 0.4) is 0 Å².